The van der Waals surface area contributed by atoms with Crippen molar-refractivity contribution >= 4 is 39.6 Å². The lowest BCUT2D eigenvalue weighted by atomic mass is 9.98. The number of carbonyl (C=O) groups is 3. The summed E-state index contributed by atoms with van der Waals surface area (Å²) in [5.41, 5.74) is 4.96. The number of benzene rings is 3. The van der Waals surface area contributed by atoms with Gasteiger partial charge in [0.2, 0.25) is 5.91 Å². The van der Waals surface area contributed by atoms with Crippen LogP contribution in [-0.2, 0) is 9.53 Å². The summed E-state index contributed by atoms with van der Waals surface area (Å²) < 4.78 is 5.98. The number of anilines is 1. The van der Waals surface area contributed by atoms with Gasteiger partial charge in [-0.25, -0.2) is 9.59 Å². The van der Waals surface area contributed by atoms with Gasteiger partial charge in [0.05, 0.1) is 5.56 Å². The summed E-state index contributed by atoms with van der Waals surface area (Å²) >= 11 is 3.21. The number of carbonyl (C=O) groups excluding carboxylic acids is 2. The summed E-state index contributed by atoms with van der Waals surface area (Å²) in [5, 5.41) is 14.3. The molecule has 0 atom stereocenters. The second-order valence-electron chi connectivity index (χ2n) is 7.63. The quantitative estimate of drug-likeness (QED) is 0.372. The monoisotopic (exact) mass is 520 g/mol. The molecule has 0 aliphatic heterocycles. The molecule has 0 saturated heterocycles. The molecule has 2 amide bonds. The fourth-order valence-corrected chi connectivity index (χ4v) is 4.42. The molecular formula is C26H21BrN2O5. The predicted molar refractivity (Wildman–Crippen MR) is 132 cm³/mol. The second kappa shape index (κ2) is 10.4. The van der Waals surface area contributed by atoms with E-state index in [1.165, 1.54) is 24.3 Å². The number of carboxylic acid groups (broad SMARTS) is 1. The summed E-state index contributed by atoms with van der Waals surface area (Å²) in [7, 11) is 0. The van der Waals surface area contributed by atoms with E-state index in [0.29, 0.717) is 10.2 Å². The van der Waals surface area contributed by atoms with Gasteiger partial charge in [0, 0.05) is 28.7 Å². The maximum atomic E-state index is 12.2. The van der Waals surface area contributed by atoms with Gasteiger partial charge in [-0.05, 0) is 40.5 Å². The minimum absolute atomic E-state index is 0.0274. The van der Waals surface area contributed by atoms with Crippen LogP contribution in [0, 0.1) is 0 Å². The number of fused-ring (bicyclic) bond motifs is 3. The standard InChI is InChI=1S/C26H21BrN2O5/c27-17-12-16(25(31)32)13-18(14-17)29-24(30)10-5-11-28-26(33)34-15-23-21-8-3-1-6-19(21)20-7-2-4-9-22(20)23/h1-10,12-14,23H,11,15H2,(H,28,33)(H,29,30)(H,31,32)/b10-5+. The number of halogens is 1. The highest BCUT2D eigenvalue weighted by atomic mass is 79.9. The minimum Gasteiger partial charge on any atom is -0.478 e. The molecule has 172 valence electrons. The van der Waals surface area contributed by atoms with Gasteiger partial charge in [0.15, 0.2) is 0 Å². The molecule has 1 aliphatic carbocycles. The van der Waals surface area contributed by atoms with Crippen molar-refractivity contribution in [3.8, 4) is 11.1 Å². The van der Waals surface area contributed by atoms with Crippen LogP contribution < -0.4 is 10.6 Å². The van der Waals surface area contributed by atoms with Crippen LogP contribution >= 0.6 is 15.9 Å². The minimum atomic E-state index is -1.10. The number of hydrogen-bond acceptors (Lipinski definition) is 4. The Morgan fingerprint density at radius 2 is 1.62 bits per heavy atom. The highest BCUT2D eigenvalue weighted by Crippen LogP contribution is 2.44. The fourth-order valence-electron chi connectivity index (χ4n) is 3.93. The number of aromatic carboxylic acids is 1. The van der Waals surface area contributed by atoms with Gasteiger partial charge in [-0.3, -0.25) is 4.79 Å². The van der Waals surface area contributed by atoms with E-state index in [1.54, 1.807) is 6.07 Å². The topological polar surface area (TPSA) is 105 Å². The van der Waals surface area contributed by atoms with E-state index in [1.807, 2.05) is 36.4 Å². The molecule has 3 aromatic rings. The van der Waals surface area contributed by atoms with Crippen LogP contribution in [0.4, 0.5) is 10.5 Å². The van der Waals surface area contributed by atoms with Gasteiger partial charge in [-0.1, -0.05) is 70.5 Å². The van der Waals surface area contributed by atoms with E-state index in [2.05, 4.69) is 38.7 Å². The molecule has 0 fully saturated rings. The average Bonchev–Trinajstić information content (AvgIpc) is 3.14. The summed E-state index contributed by atoms with van der Waals surface area (Å²) in [6.07, 6.45) is 2.16. The molecule has 0 heterocycles. The molecule has 8 heteroatoms. The predicted octanol–water partition coefficient (Wildman–Crippen LogP) is 5.18. The van der Waals surface area contributed by atoms with Gasteiger partial charge in [0.1, 0.15) is 6.61 Å². The van der Waals surface area contributed by atoms with Crippen LogP contribution in [0.5, 0.6) is 0 Å². The molecule has 7 nitrogen and oxygen atoms in total. The lowest BCUT2D eigenvalue weighted by Crippen LogP contribution is -2.26. The first-order valence-corrected chi connectivity index (χ1v) is 11.3. The zero-order chi connectivity index (χ0) is 24.1. The molecule has 0 bridgehead atoms. The van der Waals surface area contributed by atoms with Crippen molar-refractivity contribution in [1.29, 1.82) is 0 Å². The van der Waals surface area contributed by atoms with E-state index in [-0.39, 0.29) is 24.6 Å². The molecule has 3 N–H and O–H groups in total. The first kappa shape index (κ1) is 23.3. The molecule has 1 aliphatic rings. The highest BCUT2D eigenvalue weighted by Gasteiger charge is 2.28. The van der Waals surface area contributed by atoms with Crippen molar-refractivity contribution in [2.24, 2.45) is 0 Å². The molecule has 0 radical (unpaired) electrons. The van der Waals surface area contributed by atoms with Crippen LogP contribution in [0.2, 0.25) is 0 Å². The molecule has 0 unspecified atom stereocenters. The number of carboxylic acids is 1. The third-order valence-electron chi connectivity index (χ3n) is 5.39. The maximum Gasteiger partial charge on any atom is 0.407 e. The van der Waals surface area contributed by atoms with Crippen molar-refractivity contribution in [2.45, 2.75) is 5.92 Å². The van der Waals surface area contributed by atoms with Crippen molar-refractivity contribution < 1.29 is 24.2 Å². The number of hydrogen-bond donors (Lipinski definition) is 3. The van der Waals surface area contributed by atoms with Crippen molar-refractivity contribution in [2.75, 3.05) is 18.5 Å². The Balaban J connectivity index is 1.27. The Labute approximate surface area is 204 Å². The zero-order valence-corrected chi connectivity index (χ0v) is 19.5. The molecule has 3 aromatic carbocycles. The lowest BCUT2D eigenvalue weighted by Gasteiger charge is -2.14. The van der Waals surface area contributed by atoms with Gasteiger partial charge in [0.25, 0.3) is 0 Å². The van der Waals surface area contributed by atoms with E-state index in [4.69, 9.17) is 9.84 Å². The van der Waals surface area contributed by atoms with Crippen LogP contribution in [-0.4, -0.2) is 36.2 Å². The van der Waals surface area contributed by atoms with Gasteiger partial charge >= 0.3 is 12.1 Å². The average molecular weight is 521 g/mol. The number of amides is 2. The molecule has 0 saturated carbocycles. The Morgan fingerprint density at radius 1 is 0.971 bits per heavy atom. The number of alkyl carbamates (subject to hydrolysis) is 1. The first-order valence-electron chi connectivity index (χ1n) is 10.5. The van der Waals surface area contributed by atoms with E-state index in [9.17, 15) is 14.4 Å². The van der Waals surface area contributed by atoms with Crippen molar-refractivity contribution in [3.63, 3.8) is 0 Å². The second-order valence-corrected chi connectivity index (χ2v) is 8.55. The van der Waals surface area contributed by atoms with E-state index in [0.717, 1.165) is 22.3 Å². The van der Waals surface area contributed by atoms with Gasteiger partial charge in [-0.15, -0.1) is 0 Å². The number of ether oxygens (including phenoxy) is 1. The number of nitrogens with one attached hydrogen (secondary N) is 2. The summed E-state index contributed by atoms with van der Waals surface area (Å²) in [4.78, 5) is 35.4. The normalized spacial score (nSPS) is 12.1. The Hall–Kier alpha value is -3.91. The first-order chi connectivity index (χ1) is 16.4. The van der Waals surface area contributed by atoms with Gasteiger partial charge in [-0.2, -0.15) is 0 Å². The molecular weight excluding hydrogens is 500 g/mol. The maximum absolute atomic E-state index is 12.2. The molecule has 0 spiro atoms. The van der Waals surface area contributed by atoms with Crippen LogP contribution in [0.3, 0.4) is 0 Å². The SMILES string of the molecule is O=C(/C=C/CNC(=O)OCC1c2ccccc2-c2ccccc21)Nc1cc(Br)cc(C(=O)O)c1. The van der Waals surface area contributed by atoms with Gasteiger partial charge < -0.3 is 20.5 Å². The smallest absolute Gasteiger partial charge is 0.407 e. The van der Waals surface area contributed by atoms with Crippen LogP contribution in [0.1, 0.15) is 27.4 Å². The Kier molecular flexibility index (Phi) is 7.08. The number of rotatable bonds is 7. The summed E-state index contributed by atoms with van der Waals surface area (Å²) in [6.45, 7) is 0.307. The van der Waals surface area contributed by atoms with E-state index >= 15 is 0 Å². The Bertz CT molecular complexity index is 1240. The molecule has 0 aromatic heterocycles. The van der Waals surface area contributed by atoms with Crippen LogP contribution in [0.25, 0.3) is 11.1 Å². The summed E-state index contributed by atoms with van der Waals surface area (Å²) in [6, 6.07) is 20.6. The zero-order valence-electron chi connectivity index (χ0n) is 18.0. The largest absolute Gasteiger partial charge is 0.478 e. The van der Waals surface area contributed by atoms with Crippen LogP contribution in [0.15, 0.2) is 83.4 Å². The fraction of sp³-hybridized carbons (Fsp3) is 0.115. The van der Waals surface area contributed by atoms with E-state index < -0.39 is 18.0 Å². The lowest BCUT2D eigenvalue weighted by molar-refractivity contribution is -0.111. The van der Waals surface area contributed by atoms with Crippen molar-refractivity contribution in [1.82, 2.24) is 5.32 Å². The summed E-state index contributed by atoms with van der Waals surface area (Å²) in [5.74, 6) is -1.58. The Morgan fingerprint density at radius 3 is 2.26 bits per heavy atom. The third-order valence-corrected chi connectivity index (χ3v) is 5.85. The molecule has 34 heavy (non-hydrogen) atoms. The van der Waals surface area contributed by atoms with Crippen molar-refractivity contribution in [3.05, 3.63) is 100 Å². The highest BCUT2D eigenvalue weighted by molar-refractivity contribution is 9.10. The molecule has 4 rings (SSSR count). The third kappa shape index (κ3) is 5.35.